The Labute approximate surface area is 186 Å². The molecular formula is C24H28N2O6. The molecule has 5 rings (SSSR count). The number of benzene rings is 1. The molecule has 1 spiro atoms. The topological polar surface area (TPSA) is 90.2 Å². The van der Waals surface area contributed by atoms with Crippen molar-refractivity contribution in [2.24, 2.45) is 5.92 Å². The molecule has 1 atom stereocenters. The van der Waals surface area contributed by atoms with Gasteiger partial charge in [-0.3, -0.25) is 4.79 Å². The minimum atomic E-state index is -1.20. The van der Waals surface area contributed by atoms with E-state index < -0.39 is 17.2 Å². The first-order valence-electron chi connectivity index (χ1n) is 11.1. The van der Waals surface area contributed by atoms with Gasteiger partial charge in [-0.25, -0.2) is 4.79 Å². The summed E-state index contributed by atoms with van der Waals surface area (Å²) in [6.45, 7) is 6.92. The number of anilines is 1. The number of rotatable bonds is 4. The zero-order valence-corrected chi connectivity index (χ0v) is 18.6. The lowest BCUT2D eigenvalue weighted by atomic mass is 9.86. The molecule has 1 N–H and O–H groups in total. The third-order valence-corrected chi connectivity index (χ3v) is 6.90. The fourth-order valence-corrected chi connectivity index (χ4v) is 5.20. The van der Waals surface area contributed by atoms with Gasteiger partial charge in [0.25, 0.3) is 0 Å². The number of pyridine rings is 1. The summed E-state index contributed by atoms with van der Waals surface area (Å²) in [5.74, 6) is -0.768. The van der Waals surface area contributed by atoms with Gasteiger partial charge < -0.3 is 28.8 Å². The van der Waals surface area contributed by atoms with Gasteiger partial charge in [0.2, 0.25) is 0 Å². The Morgan fingerprint density at radius 3 is 2.66 bits per heavy atom. The molecule has 0 saturated carbocycles. The predicted octanol–water partition coefficient (Wildman–Crippen LogP) is 2.93. The molecule has 1 aromatic carbocycles. The molecule has 0 bridgehead atoms. The average Bonchev–Trinajstić information content (AvgIpc) is 3.41. The summed E-state index contributed by atoms with van der Waals surface area (Å²) in [6, 6.07) is 5.61. The van der Waals surface area contributed by atoms with Crippen molar-refractivity contribution in [3.8, 4) is 17.0 Å². The van der Waals surface area contributed by atoms with Crippen LogP contribution in [-0.2, 0) is 15.9 Å². The molecule has 1 aromatic heterocycles. The van der Waals surface area contributed by atoms with E-state index in [1.54, 1.807) is 7.11 Å². The summed E-state index contributed by atoms with van der Waals surface area (Å²) < 4.78 is 19.5. The third kappa shape index (κ3) is 3.29. The molecule has 2 saturated heterocycles. The van der Waals surface area contributed by atoms with Gasteiger partial charge in [0, 0.05) is 36.8 Å². The Morgan fingerprint density at radius 2 is 2.00 bits per heavy atom. The normalized spacial score (nSPS) is 21.1. The summed E-state index contributed by atoms with van der Waals surface area (Å²) in [4.78, 5) is 26.3. The lowest BCUT2D eigenvalue weighted by Crippen LogP contribution is -2.34. The molecule has 0 radical (unpaired) electrons. The molecule has 0 amide bonds. The van der Waals surface area contributed by atoms with E-state index in [4.69, 9.17) is 14.2 Å². The van der Waals surface area contributed by atoms with Crippen LogP contribution in [0, 0.1) is 5.92 Å². The number of fused-ring (bicyclic) bond motifs is 3. The van der Waals surface area contributed by atoms with Crippen molar-refractivity contribution < 1.29 is 24.1 Å². The van der Waals surface area contributed by atoms with Crippen molar-refractivity contribution >= 4 is 11.7 Å². The highest BCUT2D eigenvalue weighted by atomic mass is 16.7. The molecule has 2 aromatic rings. The minimum Gasteiger partial charge on any atom is -0.495 e. The van der Waals surface area contributed by atoms with E-state index >= 15 is 0 Å². The van der Waals surface area contributed by atoms with Crippen molar-refractivity contribution in [2.75, 3.05) is 38.3 Å². The number of carboxylic acid groups (broad SMARTS) is 1. The van der Waals surface area contributed by atoms with E-state index in [2.05, 4.69) is 24.8 Å². The van der Waals surface area contributed by atoms with Crippen LogP contribution in [0.2, 0.25) is 0 Å². The highest BCUT2D eigenvalue weighted by Gasteiger charge is 2.44. The zero-order chi connectivity index (χ0) is 22.6. The quantitative estimate of drug-likeness (QED) is 0.782. The molecule has 4 heterocycles. The number of nitrogens with zero attached hydrogens (tertiary/aromatic N) is 2. The van der Waals surface area contributed by atoms with Gasteiger partial charge >= 0.3 is 5.97 Å². The number of hydrogen-bond acceptors (Lipinski definition) is 6. The fraction of sp³-hybridized carbons (Fsp3) is 0.500. The van der Waals surface area contributed by atoms with Crippen LogP contribution in [0.5, 0.6) is 5.75 Å². The Balaban J connectivity index is 1.62. The van der Waals surface area contributed by atoms with Crippen LogP contribution < -0.4 is 15.1 Å². The summed E-state index contributed by atoms with van der Waals surface area (Å²) >= 11 is 0. The molecule has 32 heavy (non-hydrogen) atoms. The van der Waals surface area contributed by atoms with Gasteiger partial charge in [-0.15, -0.1) is 0 Å². The highest BCUT2D eigenvalue weighted by Crippen LogP contribution is 2.44. The van der Waals surface area contributed by atoms with Crippen LogP contribution in [0.3, 0.4) is 0 Å². The van der Waals surface area contributed by atoms with E-state index in [-0.39, 0.29) is 17.5 Å². The summed E-state index contributed by atoms with van der Waals surface area (Å²) in [6.07, 6.45) is 3.04. The van der Waals surface area contributed by atoms with Crippen LogP contribution in [0.4, 0.5) is 5.69 Å². The highest BCUT2D eigenvalue weighted by molar-refractivity contribution is 5.88. The van der Waals surface area contributed by atoms with Crippen LogP contribution in [0.15, 0.2) is 29.2 Å². The second-order valence-corrected chi connectivity index (χ2v) is 9.12. The molecular weight excluding hydrogens is 412 g/mol. The van der Waals surface area contributed by atoms with Crippen molar-refractivity contribution in [1.82, 2.24) is 4.57 Å². The van der Waals surface area contributed by atoms with Gasteiger partial charge in [-0.05, 0) is 30.0 Å². The van der Waals surface area contributed by atoms with Crippen molar-refractivity contribution in [3.05, 3.63) is 45.7 Å². The first-order valence-corrected chi connectivity index (χ1v) is 11.1. The van der Waals surface area contributed by atoms with Crippen molar-refractivity contribution in [2.45, 2.75) is 38.5 Å². The second kappa shape index (κ2) is 7.64. The van der Waals surface area contributed by atoms with Gasteiger partial charge in [-0.1, -0.05) is 13.8 Å². The largest absolute Gasteiger partial charge is 0.495 e. The van der Waals surface area contributed by atoms with E-state index in [1.165, 1.54) is 12.3 Å². The number of carboxylic acids is 1. The Bertz CT molecular complexity index is 1130. The van der Waals surface area contributed by atoms with Crippen LogP contribution in [0.1, 0.15) is 42.2 Å². The molecule has 1 unspecified atom stereocenters. The molecule has 170 valence electrons. The van der Waals surface area contributed by atoms with Crippen LogP contribution in [0.25, 0.3) is 11.3 Å². The Morgan fingerprint density at radius 1 is 1.25 bits per heavy atom. The van der Waals surface area contributed by atoms with Crippen LogP contribution in [-0.4, -0.2) is 54.8 Å². The predicted molar refractivity (Wildman–Crippen MR) is 119 cm³/mol. The van der Waals surface area contributed by atoms with Gasteiger partial charge in [-0.2, -0.15) is 0 Å². The lowest BCUT2D eigenvalue weighted by molar-refractivity contribution is -0.137. The number of carbonyl (C=O) groups is 1. The molecule has 2 fully saturated rings. The third-order valence-electron chi connectivity index (χ3n) is 6.90. The maximum Gasteiger partial charge on any atom is 0.341 e. The molecule has 8 nitrogen and oxygen atoms in total. The molecule has 0 aliphatic carbocycles. The average molecular weight is 440 g/mol. The standard InChI is InChI=1S/C24H28N2O6/c1-14(2)18-8-15-9-20(25-5-4-24(13-25)31-6-7-32-24)22(30-3)10-16(15)19-11-21(27)17(23(28)29)12-26(18)19/h9-12,14,18H,4-8,13H2,1-3H3,(H,28,29). The fourth-order valence-electron chi connectivity index (χ4n) is 5.20. The van der Waals surface area contributed by atoms with Gasteiger partial charge in [0.1, 0.15) is 11.3 Å². The number of aromatic nitrogens is 1. The smallest absolute Gasteiger partial charge is 0.341 e. The second-order valence-electron chi connectivity index (χ2n) is 9.12. The Hall–Kier alpha value is -2.84. The number of aromatic carboxylic acids is 1. The molecule has 3 aliphatic heterocycles. The maximum atomic E-state index is 12.5. The summed E-state index contributed by atoms with van der Waals surface area (Å²) in [5, 5.41) is 9.46. The number of hydrogen-bond donors (Lipinski definition) is 1. The number of ether oxygens (including phenoxy) is 3. The van der Waals surface area contributed by atoms with Crippen LogP contribution >= 0.6 is 0 Å². The minimum absolute atomic E-state index is 0.0452. The van der Waals surface area contributed by atoms with Crippen molar-refractivity contribution in [3.63, 3.8) is 0 Å². The van der Waals surface area contributed by atoms with E-state index in [1.807, 2.05) is 10.6 Å². The summed E-state index contributed by atoms with van der Waals surface area (Å²) in [7, 11) is 1.64. The first kappa shape index (κ1) is 21.0. The van der Waals surface area contributed by atoms with E-state index in [0.717, 1.165) is 41.9 Å². The SMILES string of the molecule is COc1cc2c(cc1N1CCC3(C1)OCCO3)CC(C(C)C)n1cc(C(=O)O)c(=O)cc1-2. The molecule has 8 heteroatoms. The van der Waals surface area contributed by atoms with Gasteiger partial charge in [0.15, 0.2) is 11.2 Å². The van der Waals surface area contributed by atoms with Gasteiger partial charge in [0.05, 0.1) is 38.2 Å². The monoisotopic (exact) mass is 440 g/mol. The van der Waals surface area contributed by atoms with Crippen molar-refractivity contribution in [1.29, 1.82) is 0 Å². The lowest BCUT2D eigenvalue weighted by Gasteiger charge is -2.34. The molecule has 3 aliphatic rings. The first-order chi connectivity index (χ1) is 15.3. The van der Waals surface area contributed by atoms with E-state index in [0.29, 0.717) is 25.5 Å². The van der Waals surface area contributed by atoms with E-state index in [9.17, 15) is 14.7 Å². The zero-order valence-electron chi connectivity index (χ0n) is 18.6. The Kier molecular flexibility index (Phi) is 5.02. The summed E-state index contributed by atoms with van der Waals surface area (Å²) in [5.41, 5.74) is 3.05. The maximum absolute atomic E-state index is 12.5. The number of methoxy groups -OCH3 is 1.